The Labute approximate surface area is 100 Å². The van der Waals surface area contributed by atoms with Crippen LogP contribution in [0.2, 0.25) is 0 Å². The standard InChI is InChI=1S/C14H15FN2/c1-17(14-5-3-2-4-13(14)15)10-11-6-8-12(16)9-7-11/h2-9H,10,16H2,1H3. The van der Waals surface area contributed by atoms with Crippen LogP contribution >= 0.6 is 0 Å². The van der Waals surface area contributed by atoms with Crippen molar-refractivity contribution >= 4 is 11.4 Å². The van der Waals surface area contributed by atoms with Crippen LogP contribution in [0, 0.1) is 5.82 Å². The molecule has 0 fully saturated rings. The van der Waals surface area contributed by atoms with Crippen LogP contribution in [0.4, 0.5) is 15.8 Å². The number of hydrogen-bond donors (Lipinski definition) is 1. The highest BCUT2D eigenvalue weighted by atomic mass is 19.1. The predicted octanol–water partition coefficient (Wildman–Crippen LogP) is 3.04. The molecule has 0 spiro atoms. The van der Waals surface area contributed by atoms with Crippen molar-refractivity contribution in [3.63, 3.8) is 0 Å². The first-order chi connectivity index (χ1) is 8.16. The molecule has 0 aliphatic carbocycles. The summed E-state index contributed by atoms with van der Waals surface area (Å²) in [6.07, 6.45) is 0. The molecule has 0 aliphatic heterocycles. The average molecular weight is 230 g/mol. The van der Waals surface area contributed by atoms with E-state index < -0.39 is 0 Å². The maximum Gasteiger partial charge on any atom is 0.146 e. The summed E-state index contributed by atoms with van der Waals surface area (Å²) in [5.41, 5.74) is 8.06. The second kappa shape index (κ2) is 4.87. The number of anilines is 2. The number of rotatable bonds is 3. The molecule has 0 bridgehead atoms. The van der Waals surface area contributed by atoms with E-state index in [0.29, 0.717) is 12.2 Å². The largest absolute Gasteiger partial charge is 0.399 e. The molecule has 0 heterocycles. The van der Waals surface area contributed by atoms with Crippen LogP contribution in [0.25, 0.3) is 0 Å². The molecule has 0 saturated carbocycles. The first-order valence-corrected chi connectivity index (χ1v) is 5.47. The Hall–Kier alpha value is -2.03. The molecule has 2 N–H and O–H groups in total. The lowest BCUT2D eigenvalue weighted by molar-refractivity contribution is 0.622. The van der Waals surface area contributed by atoms with Gasteiger partial charge >= 0.3 is 0 Å². The van der Waals surface area contributed by atoms with Gasteiger partial charge in [0.15, 0.2) is 0 Å². The van der Waals surface area contributed by atoms with Gasteiger partial charge in [0.05, 0.1) is 5.69 Å². The SMILES string of the molecule is CN(Cc1ccc(N)cc1)c1ccccc1F. The zero-order chi connectivity index (χ0) is 12.3. The van der Waals surface area contributed by atoms with Crippen LogP contribution in [0.15, 0.2) is 48.5 Å². The summed E-state index contributed by atoms with van der Waals surface area (Å²) < 4.78 is 13.5. The van der Waals surface area contributed by atoms with Gasteiger partial charge in [-0.1, -0.05) is 24.3 Å². The number of hydrogen-bond acceptors (Lipinski definition) is 2. The van der Waals surface area contributed by atoms with Gasteiger partial charge < -0.3 is 10.6 Å². The van der Waals surface area contributed by atoms with E-state index >= 15 is 0 Å². The van der Waals surface area contributed by atoms with Gasteiger partial charge in [0.25, 0.3) is 0 Å². The van der Waals surface area contributed by atoms with Crippen LogP contribution < -0.4 is 10.6 Å². The number of para-hydroxylation sites is 1. The second-order valence-corrected chi connectivity index (χ2v) is 4.05. The zero-order valence-corrected chi connectivity index (χ0v) is 9.73. The lowest BCUT2D eigenvalue weighted by Gasteiger charge is -2.20. The number of nitrogen functional groups attached to an aromatic ring is 1. The second-order valence-electron chi connectivity index (χ2n) is 4.05. The summed E-state index contributed by atoms with van der Waals surface area (Å²) in [6, 6.07) is 14.4. The highest BCUT2D eigenvalue weighted by Gasteiger charge is 2.06. The van der Waals surface area contributed by atoms with E-state index in [-0.39, 0.29) is 5.82 Å². The Bertz CT molecular complexity index is 494. The van der Waals surface area contributed by atoms with Gasteiger partial charge in [-0.2, -0.15) is 0 Å². The van der Waals surface area contributed by atoms with Crippen LogP contribution in [0.3, 0.4) is 0 Å². The Morgan fingerprint density at radius 2 is 1.71 bits per heavy atom. The monoisotopic (exact) mass is 230 g/mol. The fraction of sp³-hybridized carbons (Fsp3) is 0.143. The van der Waals surface area contributed by atoms with Gasteiger partial charge in [0.2, 0.25) is 0 Å². The third kappa shape index (κ3) is 2.75. The predicted molar refractivity (Wildman–Crippen MR) is 69.4 cm³/mol. The van der Waals surface area contributed by atoms with Gasteiger partial charge in [-0.3, -0.25) is 0 Å². The summed E-state index contributed by atoms with van der Waals surface area (Å²) in [6.45, 7) is 0.654. The minimum atomic E-state index is -0.203. The summed E-state index contributed by atoms with van der Waals surface area (Å²) in [5, 5.41) is 0. The molecule has 0 unspecified atom stereocenters. The van der Waals surface area contributed by atoms with E-state index in [1.165, 1.54) is 6.07 Å². The van der Waals surface area contributed by atoms with Crippen molar-refractivity contribution in [3.8, 4) is 0 Å². The first kappa shape index (κ1) is 11.5. The lowest BCUT2D eigenvalue weighted by atomic mass is 10.2. The smallest absolute Gasteiger partial charge is 0.146 e. The third-order valence-corrected chi connectivity index (χ3v) is 2.66. The van der Waals surface area contributed by atoms with E-state index in [1.54, 1.807) is 12.1 Å². The van der Waals surface area contributed by atoms with Crippen molar-refractivity contribution in [3.05, 3.63) is 59.9 Å². The number of nitrogens with zero attached hydrogens (tertiary/aromatic N) is 1. The Balaban J connectivity index is 2.14. The third-order valence-electron chi connectivity index (χ3n) is 2.66. The van der Waals surface area contributed by atoms with Crippen LogP contribution in [0.5, 0.6) is 0 Å². The fourth-order valence-electron chi connectivity index (χ4n) is 1.74. The molecule has 2 aromatic carbocycles. The molecule has 0 aromatic heterocycles. The zero-order valence-electron chi connectivity index (χ0n) is 9.73. The van der Waals surface area contributed by atoms with E-state index in [4.69, 9.17) is 5.73 Å². The van der Waals surface area contributed by atoms with Gasteiger partial charge in [0.1, 0.15) is 5.82 Å². The van der Waals surface area contributed by atoms with Gasteiger partial charge in [0, 0.05) is 19.3 Å². The summed E-state index contributed by atoms with van der Waals surface area (Å²) >= 11 is 0. The van der Waals surface area contributed by atoms with E-state index in [2.05, 4.69) is 0 Å². The molecular weight excluding hydrogens is 215 g/mol. The molecule has 0 radical (unpaired) electrons. The molecule has 3 heteroatoms. The van der Waals surface area contributed by atoms with Crippen molar-refractivity contribution in [2.24, 2.45) is 0 Å². The molecule has 2 rings (SSSR count). The van der Waals surface area contributed by atoms with Gasteiger partial charge in [-0.15, -0.1) is 0 Å². The summed E-state index contributed by atoms with van der Waals surface area (Å²) in [7, 11) is 1.87. The van der Waals surface area contributed by atoms with Crippen molar-refractivity contribution in [1.29, 1.82) is 0 Å². The topological polar surface area (TPSA) is 29.3 Å². The molecule has 88 valence electrons. The van der Waals surface area contributed by atoms with Gasteiger partial charge in [-0.25, -0.2) is 4.39 Å². The van der Waals surface area contributed by atoms with Crippen molar-refractivity contribution in [2.45, 2.75) is 6.54 Å². The molecule has 0 atom stereocenters. The number of halogens is 1. The van der Waals surface area contributed by atoms with Crippen molar-refractivity contribution in [2.75, 3.05) is 17.7 Å². The number of benzene rings is 2. The molecule has 2 aromatic rings. The molecular formula is C14H15FN2. The minimum absolute atomic E-state index is 0.203. The van der Waals surface area contributed by atoms with E-state index in [0.717, 1.165) is 11.3 Å². The van der Waals surface area contributed by atoms with Crippen LogP contribution in [-0.2, 0) is 6.54 Å². The molecule has 0 aliphatic rings. The Morgan fingerprint density at radius 1 is 1.06 bits per heavy atom. The highest BCUT2D eigenvalue weighted by Crippen LogP contribution is 2.19. The molecule has 17 heavy (non-hydrogen) atoms. The normalized spacial score (nSPS) is 10.2. The Kier molecular flexibility index (Phi) is 3.28. The molecule has 0 saturated heterocycles. The first-order valence-electron chi connectivity index (χ1n) is 5.47. The molecule has 2 nitrogen and oxygen atoms in total. The van der Waals surface area contributed by atoms with Crippen molar-refractivity contribution in [1.82, 2.24) is 0 Å². The maximum atomic E-state index is 13.5. The van der Waals surface area contributed by atoms with Crippen LogP contribution in [0.1, 0.15) is 5.56 Å². The van der Waals surface area contributed by atoms with E-state index in [9.17, 15) is 4.39 Å². The summed E-state index contributed by atoms with van der Waals surface area (Å²) in [4.78, 5) is 1.88. The quantitative estimate of drug-likeness (QED) is 0.821. The minimum Gasteiger partial charge on any atom is -0.399 e. The highest BCUT2D eigenvalue weighted by molar-refractivity contribution is 5.48. The average Bonchev–Trinajstić information content (AvgIpc) is 2.32. The van der Waals surface area contributed by atoms with Gasteiger partial charge in [-0.05, 0) is 29.8 Å². The lowest BCUT2D eigenvalue weighted by Crippen LogP contribution is -2.17. The van der Waals surface area contributed by atoms with E-state index in [1.807, 2.05) is 42.3 Å². The maximum absolute atomic E-state index is 13.5. The Morgan fingerprint density at radius 3 is 2.35 bits per heavy atom. The van der Waals surface area contributed by atoms with Crippen molar-refractivity contribution < 1.29 is 4.39 Å². The molecule has 0 amide bonds. The summed E-state index contributed by atoms with van der Waals surface area (Å²) in [5.74, 6) is -0.203. The number of nitrogens with two attached hydrogens (primary N) is 1. The van der Waals surface area contributed by atoms with Crippen LogP contribution in [-0.4, -0.2) is 7.05 Å². The fourth-order valence-corrected chi connectivity index (χ4v) is 1.74.